The average Bonchev–Trinajstić information content (AvgIpc) is 3.44. The number of nitrogens with zero attached hydrogens (tertiary/aromatic N) is 1. The first kappa shape index (κ1) is 17.9. The van der Waals surface area contributed by atoms with Crippen LogP contribution >= 0.6 is 0 Å². The van der Waals surface area contributed by atoms with Crippen LogP contribution in [0.5, 0.6) is 5.75 Å². The van der Waals surface area contributed by atoms with Crippen molar-refractivity contribution in [1.29, 1.82) is 0 Å². The van der Waals surface area contributed by atoms with E-state index in [1.165, 1.54) is 6.07 Å². The van der Waals surface area contributed by atoms with Crippen LogP contribution in [0.3, 0.4) is 0 Å². The molecule has 0 radical (unpaired) electrons. The Balaban J connectivity index is 1.39. The summed E-state index contributed by atoms with van der Waals surface area (Å²) in [6.07, 6.45) is 1.82. The lowest BCUT2D eigenvalue weighted by molar-refractivity contribution is -0.0645. The van der Waals surface area contributed by atoms with Gasteiger partial charge >= 0.3 is 5.97 Å². The van der Waals surface area contributed by atoms with E-state index in [-0.39, 0.29) is 36.9 Å². The van der Waals surface area contributed by atoms with Crippen LogP contribution in [0.2, 0.25) is 0 Å². The lowest BCUT2D eigenvalue weighted by Gasteiger charge is -2.44. The van der Waals surface area contributed by atoms with Gasteiger partial charge in [0.1, 0.15) is 18.2 Å². The molecule has 1 aliphatic heterocycles. The second-order valence-corrected chi connectivity index (χ2v) is 7.52. The van der Waals surface area contributed by atoms with Gasteiger partial charge in [-0.25, -0.2) is 13.6 Å². The number of carboxylic acids is 1. The maximum absolute atomic E-state index is 14.8. The molecule has 4 nitrogen and oxygen atoms in total. The van der Waals surface area contributed by atoms with E-state index in [2.05, 4.69) is 0 Å². The number of benzene rings is 2. The molecule has 6 heteroatoms. The molecule has 0 atom stereocenters. The number of aromatic carboxylic acids is 1. The number of alkyl halides is 1. The van der Waals surface area contributed by atoms with E-state index in [9.17, 15) is 13.6 Å². The summed E-state index contributed by atoms with van der Waals surface area (Å²) in [5.41, 5.74) is -0.0463. The molecular weight excluding hydrogens is 352 g/mol. The molecule has 0 bridgehead atoms. The molecule has 4 rings (SSSR count). The van der Waals surface area contributed by atoms with Crippen molar-refractivity contribution in [3.63, 3.8) is 0 Å². The van der Waals surface area contributed by atoms with Crippen LogP contribution in [0.25, 0.3) is 0 Å². The van der Waals surface area contributed by atoms with Gasteiger partial charge in [-0.1, -0.05) is 30.3 Å². The van der Waals surface area contributed by atoms with Crippen molar-refractivity contribution < 1.29 is 23.4 Å². The van der Waals surface area contributed by atoms with E-state index in [1.54, 1.807) is 0 Å². The molecule has 0 spiro atoms. The number of carbonyl (C=O) groups is 1. The van der Waals surface area contributed by atoms with Gasteiger partial charge in [-0.3, -0.25) is 4.90 Å². The Hall–Kier alpha value is -2.47. The Kier molecular flexibility index (Phi) is 4.60. The third kappa shape index (κ3) is 3.95. The van der Waals surface area contributed by atoms with Gasteiger partial charge in [-0.2, -0.15) is 0 Å². The van der Waals surface area contributed by atoms with E-state index in [4.69, 9.17) is 9.84 Å². The number of rotatable bonds is 7. The van der Waals surface area contributed by atoms with Gasteiger partial charge in [0.15, 0.2) is 5.67 Å². The minimum absolute atomic E-state index is 0.163. The molecule has 0 amide bonds. The number of carboxylic acid groups (broad SMARTS) is 1. The van der Waals surface area contributed by atoms with Crippen molar-refractivity contribution >= 4 is 5.97 Å². The van der Waals surface area contributed by atoms with Gasteiger partial charge in [-0.15, -0.1) is 0 Å². The SMILES string of the molecule is O=C(O)c1cc(C2CC2)c(OCC2(F)CN(Cc3ccccc3)C2)cc1F. The van der Waals surface area contributed by atoms with Crippen LogP contribution in [0, 0.1) is 5.82 Å². The highest BCUT2D eigenvalue weighted by Crippen LogP contribution is 2.45. The second-order valence-electron chi connectivity index (χ2n) is 7.52. The number of ether oxygens (including phenoxy) is 1. The maximum atomic E-state index is 14.8. The number of hydrogen-bond acceptors (Lipinski definition) is 3. The third-order valence-corrected chi connectivity index (χ3v) is 5.10. The topological polar surface area (TPSA) is 49.8 Å². The van der Waals surface area contributed by atoms with Gasteiger partial charge < -0.3 is 9.84 Å². The van der Waals surface area contributed by atoms with Crippen molar-refractivity contribution in [3.05, 3.63) is 65.0 Å². The average molecular weight is 373 g/mol. The molecule has 142 valence electrons. The van der Waals surface area contributed by atoms with E-state index < -0.39 is 17.5 Å². The molecule has 2 aromatic rings. The molecule has 27 heavy (non-hydrogen) atoms. The van der Waals surface area contributed by atoms with Gasteiger partial charge in [0, 0.05) is 25.7 Å². The normalized spacial score (nSPS) is 18.7. The molecule has 1 saturated carbocycles. The van der Waals surface area contributed by atoms with Crippen molar-refractivity contribution in [2.24, 2.45) is 0 Å². The summed E-state index contributed by atoms with van der Waals surface area (Å²) in [4.78, 5) is 13.1. The highest BCUT2D eigenvalue weighted by molar-refractivity contribution is 5.88. The van der Waals surface area contributed by atoms with Crippen LogP contribution in [0.1, 0.15) is 40.2 Å². The standard InChI is InChI=1S/C21H21F2NO3/c22-18-9-19(16(15-6-7-15)8-17(18)20(25)26)27-13-21(23)11-24(12-21)10-14-4-2-1-3-5-14/h1-5,8-9,15H,6-7,10-13H2,(H,25,26). The predicted octanol–water partition coefficient (Wildman–Crippen LogP) is 4.00. The first-order valence-electron chi connectivity index (χ1n) is 9.08. The van der Waals surface area contributed by atoms with Crippen molar-refractivity contribution in [3.8, 4) is 5.75 Å². The van der Waals surface area contributed by atoms with E-state index in [0.29, 0.717) is 12.1 Å². The highest BCUT2D eigenvalue weighted by atomic mass is 19.1. The van der Waals surface area contributed by atoms with Crippen LogP contribution in [0.4, 0.5) is 8.78 Å². The summed E-state index contributed by atoms with van der Waals surface area (Å²) in [6, 6.07) is 12.3. The summed E-state index contributed by atoms with van der Waals surface area (Å²) < 4.78 is 34.5. The fourth-order valence-corrected chi connectivity index (χ4v) is 3.58. The monoisotopic (exact) mass is 373 g/mol. The summed E-state index contributed by atoms with van der Waals surface area (Å²) in [7, 11) is 0. The quantitative estimate of drug-likeness (QED) is 0.797. The van der Waals surface area contributed by atoms with Crippen LogP contribution < -0.4 is 4.74 Å². The highest BCUT2D eigenvalue weighted by Gasteiger charge is 2.44. The second kappa shape index (κ2) is 6.93. The lowest BCUT2D eigenvalue weighted by Crippen LogP contribution is -2.61. The summed E-state index contributed by atoms with van der Waals surface area (Å²) in [6.45, 7) is 1.04. The fraction of sp³-hybridized carbons (Fsp3) is 0.381. The van der Waals surface area contributed by atoms with Gasteiger partial charge in [0.05, 0.1) is 5.56 Å². The van der Waals surface area contributed by atoms with Gasteiger partial charge in [-0.05, 0) is 36.0 Å². The zero-order valence-corrected chi connectivity index (χ0v) is 14.8. The summed E-state index contributed by atoms with van der Waals surface area (Å²) in [5, 5.41) is 9.09. The first-order chi connectivity index (χ1) is 12.9. The zero-order chi connectivity index (χ0) is 19.0. The largest absolute Gasteiger partial charge is 0.490 e. The zero-order valence-electron chi connectivity index (χ0n) is 14.8. The van der Waals surface area contributed by atoms with Crippen LogP contribution in [-0.4, -0.2) is 41.3 Å². The number of likely N-dealkylation sites (tertiary alicyclic amines) is 1. The minimum Gasteiger partial charge on any atom is -0.490 e. The first-order valence-corrected chi connectivity index (χ1v) is 9.08. The molecule has 1 N–H and O–H groups in total. The number of hydrogen-bond donors (Lipinski definition) is 1. The molecular formula is C21H21F2NO3. The predicted molar refractivity (Wildman–Crippen MR) is 96.4 cm³/mol. The van der Waals surface area contributed by atoms with Crippen LogP contribution in [-0.2, 0) is 6.54 Å². The molecule has 1 saturated heterocycles. The van der Waals surface area contributed by atoms with Crippen molar-refractivity contribution in [1.82, 2.24) is 4.90 Å². The maximum Gasteiger partial charge on any atom is 0.338 e. The van der Waals surface area contributed by atoms with E-state index in [0.717, 1.165) is 24.5 Å². The van der Waals surface area contributed by atoms with E-state index >= 15 is 0 Å². The third-order valence-electron chi connectivity index (χ3n) is 5.10. The Morgan fingerprint density at radius 2 is 1.93 bits per heavy atom. The Morgan fingerprint density at radius 3 is 2.56 bits per heavy atom. The minimum atomic E-state index is -1.47. The van der Waals surface area contributed by atoms with Crippen molar-refractivity contribution in [2.45, 2.75) is 31.0 Å². The number of halogens is 2. The van der Waals surface area contributed by atoms with Crippen LogP contribution in [0.15, 0.2) is 42.5 Å². The Bertz CT molecular complexity index is 846. The molecule has 2 aromatic carbocycles. The van der Waals surface area contributed by atoms with Gasteiger partial charge in [0.2, 0.25) is 0 Å². The molecule has 0 unspecified atom stereocenters. The molecule has 2 aliphatic rings. The Morgan fingerprint density at radius 1 is 1.22 bits per heavy atom. The Labute approximate surface area is 156 Å². The summed E-state index contributed by atoms with van der Waals surface area (Å²) in [5.74, 6) is -1.73. The molecule has 0 aromatic heterocycles. The summed E-state index contributed by atoms with van der Waals surface area (Å²) >= 11 is 0. The molecule has 2 fully saturated rings. The fourth-order valence-electron chi connectivity index (χ4n) is 3.58. The van der Waals surface area contributed by atoms with Crippen molar-refractivity contribution in [2.75, 3.05) is 19.7 Å². The van der Waals surface area contributed by atoms with Gasteiger partial charge in [0.25, 0.3) is 0 Å². The smallest absolute Gasteiger partial charge is 0.338 e. The van der Waals surface area contributed by atoms with E-state index in [1.807, 2.05) is 35.2 Å². The lowest BCUT2D eigenvalue weighted by atomic mass is 9.96. The molecule has 1 aliphatic carbocycles. The molecule has 1 heterocycles.